The highest BCUT2D eigenvalue weighted by Gasteiger charge is 2.20. The molecule has 0 unspecified atom stereocenters. The number of rotatable bonds is 6. The van der Waals surface area contributed by atoms with E-state index in [1.54, 1.807) is 12.1 Å². The lowest BCUT2D eigenvalue weighted by atomic mass is 10.1. The monoisotopic (exact) mass is 263 g/mol. The minimum Gasteiger partial charge on any atom is -0.368 e. The SMILES string of the molecule is CC(C)N(CC(N)=O)C(=O)c1ccc(CCN)cc1. The summed E-state index contributed by atoms with van der Waals surface area (Å²) in [4.78, 5) is 24.7. The van der Waals surface area contributed by atoms with Gasteiger partial charge in [0.15, 0.2) is 0 Å². The Morgan fingerprint density at radius 2 is 1.79 bits per heavy atom. The molecule has 1 aromatic carbocycles. The van der Waals surface area contributed by atoms with Crippen molar-refractivity contribution in [1.29, 1.82) is 0 Å². The van der Waals surface area contributed by atoms with Gasteiger partial charge in [-0.15, -0.1) is 0 Å². The van der Waals surface area contributed by atoms with Gasteiger partial charge in [0.05, 0.1) is 6.54 Å². The van der Waals surface area contributed by atoms with Crippen molar-refractivity contribution in [1.82, 2.24) is 4.90 Å². The van der Waals surface area contributed by atoms with Gasteiger partial charge in [0.25, 0.3) is 5.91 Å². The fourth-order valence-electron chi connectivity index (χ4n) is 1.80. The van der Waals surface area contributed by atoms with Crippen molar-refractivity contribution in [2.75, 3.05) is 13.1 Å². The van der Waals surface area contributed by atoms with E-state index in [1.807, 2.05) is 26.0 Å². The van der Waals surface area contributed by atoms with Gasteiger partial charge in [0.2, 0.25) is 5.91 Å². The van der Waals surface area contributed by atoms with Crippen LogP contribution in [0.2, 0.25) is 0 Å². The second kappa shape index (κ2) is 6.89. The van der Waals surface area contributed by atoms with Gasteiger partial charge in [-0.2, -0.15) is 0 Å². The predicted octanol–water partition coefficient (Wildman–Crippen LogP) is 0.524. The third-order valence-corrected chi connectivity index (χ3v) is 2.84. The summed E-state index contributed by atoms with van der Waals surface area (Å²) in [5.74, 6) is -0.699. The van der Waals surface area contributed by atoms with Gasteiger partial charge in [0.1, 0.15) is 0 Å². The number of nitrogens with zero attached hydrogens (tertiary/aromatic N) is 1. The van der Waals surface area contributed by atoms with E-state index < -0.39 is 5.91 Å². The van der Waals surface area contributed by atoms with Crippen molar-refractivity contribution in [2.24, 2.45) is 11.5 Å². The number of carbonyl (C=O) groups is 2. The van der Waals surface area contributed by atoms with E-state index in [0.717, 1.165) is 12.0 Å². The number of carbonyl (C=O) groups excluding carboxylic acids is 2. The van der Waals surface area contributed by atoms with Crippen molar-refractivity contribution in [2.45, 2.75) is 26.3 Å². The minimum absolute atomic E-state index is 0.0684. The smallest absolute Gasteiger partial charge is 0.254 e. The van der Waals surface area contributed by atoms with Crippen LogP contribution in [0.15, 0.2) is 24.3 Å². The molecule has 0 radical (unpaired) electrons. The lowest BCUT2D eigenvalue weighted by Gasteiger charge is -2.25. The Bertz CT molecular complexity index is 441. The number of primary amides is 1. The largest absolute Gasteiger partial charge is 0.368 e. The summed E-state index contributed by atoms with van der Waals surface area (Å²) in [5, 5.41) is 0. The molecule has 0 heterocycles. The number of hydrogen-bond donors (Lipinski definition) is 2. The van der Waals surface area contributed by atoms with Crippen LogP contribution in [0.4, 0.5) is 0 Å². The summed E-state index contributed by atoms with van der Waals surface area (Å²) >= 11 is 0. The van der Waals surface area contributed by atoms with Crippen LogP contribution < -0.4 is 11.5 Å². The maximum absolute atomic E-state index is 12.3. The van der Waals surface area contributed by atoms with Crippen molar-refractivity contribution in [3.05, 3.63) is 35.4 Å². The van der Waals surface area contributed by atoms with E-state index >= 15 is 0 Å². The van der Waals surface area contributed by atoms with E-state index in [0.29, 0.717) is 12.1 Å². The maximum atomic E-state index is 12.3. The molecule has 104 valence electrons. The molecule has 0 aliphatic rings. The molecule has 5 nitrogen and oxygen atoms in total. The van der Waals surface area contributed by atoms with Crippen LogP contribution in [-0.2, 0) is 11.2 Å². The van der Waals surface area contributed by atoms with Gasteiger partial charge in [-0.05, 0) is 44.5 Å². The Kier molecular flexibility index (Phi) is 5.51. The zero-order valence-electron chi connectivity index (χ0n) is 11.4. The Balaban J connectivity index is 2.87. The third kappa shape index (κ3) is 4.37. The first-order chi connectivity index (χ1) is 8.95. The Morgan fingerprint density at radius 3 is 2.21 bits per heavy atom. The molecule has 1 rings (SSSR count). The summed E-state index contributed by atoms with van der Waals surface area (Å²) < 4.78 is 0. The van der Waals surface area contributed by atoms with Gasteiger partial charge in [-0.3, -0.25) is 9.59 Å². The molecule has 0 bridgehead atoms. The summed E-state index contributed by atoms with van der Waals surface area (Å²) in [5.41, 5.74) is 12.3. The van der Waals surface area contributed by atoms with Gasteiger partial charge < -0.3 is 16.4 Å². The molecule has 5 heteroatoms. The molecule has 0 atom stereocenters. The molecule has 0 fully saturated rings. The number of benzene rings is 1. The van der Waals surface area contributed by atoms with Crippen molar-refractivity contribution >= 4 is 11.8 Å². The first-order valence-corrected chi connectivity index (χ1v) is 6.34. The Hall–Kier alpha value is -1.88. The molecule has 19 heavy (non-hydrogen) atoms. The Morgan fingerprint density at radius 1 is 1.21 bits per heavy atom. The average molecular weight is 263 g/mol. The summed E-state index contributed by atoms with van der Waals surface area (Å²) in [6.45, 7) is 4.21. The molecular weight excluding hydrogens is 242 g/mol. The molecule has 0 aromatic heterocycles. The summed E-state index contributed by atoms with van der Waals surface area (Å²) in [6.07, 6.45) is 0.781. The first kappa shape index (κ1) is 15.2. The highest BCUT2D eigenvalue weighted by molar-refractivity contribution is 5.96. The quantitative estimate of drug-likeness (QED) is 0.784. The van der Waals surface area contributed by atoms with Crippen molar-refractivity contribution in [3.63, 3.8) is 0 Å². The molecule has 1 aromatic rings. The van der Waals surface area contributed by atoms with Gasteiger partial charge in [-0.25, -0.2) is 0 Å². The number of nitrogens with two attached hydrogens (primary N) is 2. The lowest BCUT2D eigenvalue weighted by Crippen LogP contribution is -2.42. The summed E-state index contributed by atoms with van der Waals surface area (Å²) in [7, 11) is 0. The predicted molar refractivity (Wildman–Crippen MR) is 74.6 cm³/mol. The zero-order chi connectivity index (χ0) is 14.4. The normalized spacial score (nSPS) is 10.5. The molecule has 0 aliphatic heterocycles. The van der Waals surface area contributed by atoms with Crippen molar-refractivity contribution in [3.8, 4) is 0 Å². The summed E-state index contributed by atoms with van der Waals surface area (Å²) in [6, 6.07) is 7.18. The topological polar surface area (TPSA) is 89.4 Å². The van der Waals surface area contributed by atoms with E-state index in [4.69, 9.17) is 11.5 Å². The van der Waals surface area contributed by atoms with Crippen LogP contribution in [0.5, 0.6) is 0 Å². The standard InChI is InChI=1S/C14H21N3O2/c1-10(2)17(9-13(16)18)14(19)12-5-3-11(4-6-12)7-8-15/h3-6,10H,7-9,15H2,1-2H3,(H2,16,18). The third-order valence-electron chi connectivity index (χ3n) is 2.84. The number of hydrogen-bond acceptors (Lipinski definition) is 3. The number of amides is 2. The Labute approximate surface area is 113 Å². The minimum atomic E-state index is -0.512. The van der Waals surface area contributed by atoms with Crippen LogP contribution in [0.25, 0.3) is 0 Å². The van der Waals surface area contributed by atoms with Gasteiger partial charge in [-0.1, -0.05) is 12.1 Å². The molecule has 0 aliphatic carbocycles. The van der Waals surface area contributed by atoms with Crippen LogP contribution in [-0.4, -0.2) is 35.8 Å². The fourth-order valence-corrected chi connectivity index (χ4v) is 1.80. The highest BCUT2D eigenvalue weighted by atomic mass is 16.2. The molecule has 0 saturated heterocycles. The van der Waals surface area contributed by atoms with Crippen LogP contribution in [0.3, 0.4) is 0 Å². The van der Waals surface area contributed by atoms with Crippen molar-refractivity contribution < 1.29 is 9.59 Å². The second-order valence-corrected chi connectivity index (χ2v) is 4.73. The average Bonchev–Trinajstić information content (AvgIpc) is 2.36. The molecular formula is C14H21N3O2. The van der Waals surface area contributed by atoms with E-state index in [1.165, 1.54) is 4.90 Å². The van der Waals surface area contributed by atoms with E-state index in [-0.39, 0.29) is 18.5 Å². The second-order valence-electron chi connectivity index (χ2n) is 4.73. The maximum Gasteiger partial charge on any atom is 0.254 e. The van der Waals surface area contributed by atoms with E-state index in [9.17, 15) is 9.59 Å². The first-order valence-electron chi connectivity index (χ1n) is 6.34. The van der Waals surface area contributed by atoms with Crippen LogP contribution >= 0.6 is 0 Å². The van der Waals surface area contributed by atoms with E-state index in [2.05, 4.69) is 0 Å². The molecule has 0 saturated carbocycles. The van der Waals surface area contributed by atoms with Gasteiger partial charge in [0, 0.05) is 11.6 Å². The fraction of sp³-hybridized carbons (Fsp3) is 0.429. The molecule has 0 spiro atoms. The van der Waals surface area contributed by atoms with Crippen LogP contribution in [0.1, 0.15) is 29.8 Å². The zero-order valence-corrected chi connectivity index (χ0v) is 11.4. The molecule has 2 amide bonds. The van der Waals surface area contributed by atoms with Crippen LogP contribution in [0, 0.1) is 0 Å². The van der Waals surface area contributed by atoms with Gasteiger partial charge >= 0.3 is 0 Å². The lowest BCUT2D eigenvalue weighted by molar-refractivity contribution is -0.119. The molecule has 4 N–H and O–H groups in total. The highest BCUT2D eigenvalue weighted by Crippen LogP contribution is 2.10.